The fraction of sp³-hybridized carbons (Fsp3) is 0.214. The predicted octanol–water partition coefficient (Wildman–Crippen LogP) is 2.70. The van der Waals surface area contributed by atoms with Crippen LogP contribution in [0.25, 0.3) is 0 Å². The SMILES string of the molecule is CC(NCc1cc(C(N)=O)cs1)c1ccccc1. The lowest BCUT2D eigenvalue weighted by atomic mass is 10.1. The van der Waals surface area contributed by atoms with Crippen LogP contribution in [0.2, 0.25) is 0 Å². The zero-order valence-electron chi connectivity index (χ0n) is 10.2. The minimum atomic E-state index is -0.367. The van der Waals surface area contributed by atoms with Crippen LogP contribution in [0, 0.1) is 0 Å². The number of carbonyl (C=O) groups is 1. The molecule has 0 fully saturated rings. The lowest BCUT2D eigenvalue weighted by Gasteiger charge is -2.13. The Morgan fingerprint density at radius 1 is 1.39 bits per heavy atom. The molecule has 0 bridgehead atoms. The van der Waals surface area contributed by atoms with Crippen molar-refractivity contribution >= 4 is 17.2 Å². The molecule has 0 spiro atoms. The van der Waals surface area contributed by atoms with E-state index in [-0.39, 0.29) is 11.9 Å². The van der Waals surface area contributed by atoms with E-state index in [1.807, 2.05) is 24.3 Å². The Morgan fingerprint density at radius 2 is 2.11 bits per heavy atom. The molecule has 0 aliphatic rings. The van der Waals surface area contributed by atoms with Crippen molar-refractivity contribution in [2.45, 2.75) is 19.5 Å². The van der Waals surface area contributed by atoms with Gasteiger partial charge in [0.1, 0.15) is 0 Å². The molecule has 1 unspecified atom stereocenters. The highest BCUT2D eigenvalue weighted by atomic mass is 32.1. The summed E-state index contributed by atoms with van der Waals surface area (Å²) in [5.41, 5.74) is 7.06. The van der Waals surface area contributed by atoms with E-state index in [1.54, 1.807) is 16.7 Å². The van der Waals surface area contributed by atoms with Gasteiger partial charge in [0, 0.05) is 22.8 Å². The molecule has 0 aliphatic heterocycles. The van der Waals surface area contributed by atoms with Gasteiger partial charge in [0.05, 0.1) is 5.56 Å². The highest BCUT2D eigenvalue weighted by molar-refractivity contribution is 7.10. The molecular formula is C14H16N2OS. The molecule has 2 rings (SSSR count). The minimum absolute atomic E-state index is 0.283. The van der Waals surface area contributed by atoms with E-state index >= 15 is 0 Å². The average Bonchev–Trinajstić information content (AvgIpc) is 2.86. The Balaban J connectivity index is 1.93. The summed E-state index contributed by atoms with van der Waals surface area (Å²) in [5, 5.41) is 5.22. The molecular weight excluding hydrogens is 244 g/mol. The van der Waals surface area contributed by atoms with Gasteiger partial charge in [0.25, 0.3) is 0 Å². The number of primary amides is 1. The van der Waals surface area contributed by atoms with E-state index in [9.17, 15) is 4.79 Å². The Labute approximate surface area is 111 Å². The maximum Gasteiger partial charge on any atom is 0.249 e. The third-order valence-electron chi connectivity index (χ3n) is 2.82. The summed E-state index contributed by atoms with van der Waals surface area (Å²) in [6.45, 7) is 2.87. The number of thiophene rings is 1. The fourth-order valence-electron chi connectivity index (χ4n) is 1.72. The summed E-state index contributed by atoms with van der Waals surface area (Å²) in [7, 11) is 0. The summed E-state index contributed by atoms with van der Waals surface area (Å²) >= 11 is 1.55. The first-order chi connectivity index (χ1) is 8.66. The number of hydrogen-bond acceptors (Lipinski definition) is 3. The Bertz CT molecular complexity index is 522. The summed E-state index contributed by atoms with van der Waals surface area (Å²) in [6.07, 6.45) is 0. The molecule has 18 heavy (non-hydrogen) atoms. The molecule has 1 aromatic carbocycles. The van der Waals surface area contributed by atoms with Crippen LogP contribution in [0.15, 0.2) is 41.8 Å². The van der Waals surface area contributed by atoms with Crippen LogP contribution in [0.1, 0.15) is 33.8 Å². The molecule has 0 saturated heterocycles. The zero-order chi connectivity index (χ0) is 13.0. The van der Waals surface area contributed by atoms with Gasteiger partial charge in [-0.05, 0) is 18.6 Å². The van der Waals surface area contributed by atoms with Gasteiger partial charge in [-0.2, -0.15) is 0 Å². The molecule has 4 heteroatoms. The van der Waals surface area contributed by atoms with Crippen molar-refractivity contribution in [3.63, 3.8) is 0 Å². The number of nitrogens with one attached hydrogen (secondary N) is 1. The van der Waals surface area contributed by atoms with Crippen molar-refractivity contribution in [1.82, 2.24) is 5.32 Å². The smallest absolute Gasteiger partial charge is 0.249 e. The number of benzene rings is 1. The van der Waals surface area contributed by atoms with Gasteiger partial charge in [0.15, 0.2) is 0 Å². The van der Waals surface area contributed by atoms with Crippen LogP contribution in [0.3, 0.4) is 0 Å². The first-order valence-corrected chi connectivity index (χ1v) is 6.70. The highest BCUT2D eigenvalue weighted by Crippen LogP contribution is 2.17. The zero-order valence-corrected chi connectivity index (χ0v) is 11.0. The van der Waals surface area contributed by atoms with E-state index < -0.39 is 0 Å². The van der Waals surface area contributed by atoms with E-state index in [0.717, 1.165) is 11.4 Å². The maximum atomic E-state index is 11.0. The second-order valence-corrected chi connectivity index (χ2v) is 5.17. The normalized spacial score (nSPS) is 12.3. The number of rotatable bonds is 5. The van der Waals surface area contributed by atoms with Crippen molar-refractivity contribution in [3.8, 4) is 0 Å². The standard InChI is InChI=1S/C14H16N2OS/c1-10(11-5-3-2-4-6-11)16-8-13-7-12(9-18-13)14(15)17/h2-7,9-10,16H,8H2,1H3,(H2,15,17). The average molecular weight is 260 g/mol. The van der Waals surface area contributed by atoms with Crippen LogP contribution in [0.5, 0.6) is 0 Å². The van der Waals surface area contributed by atoms with Gasteiger partial charge in [-0.15, -0.1) is 11.3 Å². The molecule has 94 valence electrons. The van der Waals surface area contributed by atoms with Gasteiger partial charge in [-0.3, -0.25) is 4.79 Å². The summed E-state index contributed by atoms with van der Waals surface area (Å²) in [6, 6.07) is 12.4. The van der Waals surface area contributed by atoms with Crippen molar-refractivity contribution in [3.05, 3.63) is 57.8 Å². The summed E-state index contributed by atoms with van der Waals surface area (Å²) in [4.78, 5) is 12.1. The molecule has 2 aromatic rings. The second kappa shape index (κ2) is 5.80. The van der Waals surface area contributed by atoms with Gasteiger partial charge >= 0.3 is 0 Å². The molecule has 0 saturated carbocycles. The number of carbonyl (C=O) groups excluding carboxylic acids is 1. The third kappa shape index (κ3) is 3.18. The molecule has 3 nitrogen and oxygen atoms in total. The summed E-state index contributed by atoms with van der Waals surface area (Å²) in [5.74, 6) is -0.367. The largest absolute Gasteiger partial charge is 0.366 e. The molecule has 1 atom stereocenters. The van der Waals surface area contributed by atoms with Crippen LogP contribution in [-0.4, -0.2) is 5.91 Å². The van der Waals surface area contributed by atoms with Crippen molar-refractivity contribution in [2.24, 2.45) is 5.73 Å². The quantitative estimate of drug-likeness (QED) is 0.868. The number of nitrogens with two attached hydrogens (primary N) is 1. The van der Waals surface area contributed by atoms with E-state index in [1.165, 1.54) is 5.56 Å². The van der Waals surface area contributed by atoms with Gasteiger partial charge in [-0.1, -0.05) is 30.3 Å². The lowest BCUT2D eigenvalue weighted by Crippen LogP contribution is -2.17. The molecule has 1 heterocycles. The molecule has 0 aliphatic carbocycles. The van der Waals surface area contributed by atoms with E-state index in [0.29, 0.717) is 5.56 Å². The van der Waals surface area contributed by atoms with Crippen molar-refractivity contribution in [1.29, 1.82) is 0 Å². The topological polar surface area (TPSA) is 55.1 Å². The first kappa shape index (κ1) is 12.8. The highest BCUT2D eigenvalue weighted by Gasteiger charge is 2.07. The predicted molar refractivity (Wildman–Crippen MR) is 74.5 cm³/mol. The monoisotopic (exact) mass is 260 g/mol. The van der Waals surface area contributed by atoms with Crippen molar-refractivity contribution < 1.29 is 4.79 Å². The van der Waals surface area contributed by atoms with E-state index in [4.69, 9.17) is 5.73 Å². The molecule has 1 aromatic heterocycles. The van der Waals surface area contributed by atoms with Crippen LogP contribution >= 0.6 is 11.3 Å². The molecule has 1 amide bonds. The van der Waals surface area contributed by atoms with Crippen LogP contribution in [-0.2, 0) is 6.54 Å². The number of amides is 1. The fourth-order valence-corrected chi connectivity index (χ4v) is 2.54. The first-order valence-electron chi connectivity index (χ1n) is 5.82. The van der Waals surface area contributed by atoms with Gasteiger partial charge in [-0.25, -0.2) is 0 Å². The van der Waals surface area contributed by atoms with E-state index in [2.05, 4.69) is 24.4 Å². The lowest BCUT2D eigenvalue weighted by molar-refractivity contribution is 0.100. The Morgan fingerprint density at radius 3 is 2.72 bits per heavy atom. The summed E-state index contributed by atoms with van der Waals surface area (Å²) < 4.78 is 0. The Kier molecular flexibility index (Phi) is 4.12. The van der Waals surface area contributed by atoms with Crippen molar-refractivity contribution in [2.75, 3.05) is 0 Å². The van der Waals surface area contributed by atoms with Gasteiger partial charge in [0.2, 0.25) is 5.91 Å². The second-order valence-electron chi connectivity index (χ2n) is 4.18. The third-order valence-corrected chi connectivity index (χ3v) is 3.76. The molecule has 3 N–H and O–H groups in total. The van der Waals surface area contributed by atoms with Crippen LogP contribution < -0.4 is 11.1 Å². The van der Waals surface area contributed by atoms with Gasteiger partial charge < -0.3 is 11.1 Å². The number of hydrogen-bond donors (Lipinski definition) is 2. The maximum absolute atomic E-state index is 11.0. The minimum Gasteiger partial charge on any atom is -0.366 e. The van der Waals surface area contributed by atoms with Crippen LogP contribution in [0.4, 0.5) is 0 Å². The molecule has 0 radical (unpaired) electrons. The Hall–Kier alpha value is -1.65.